The van der Waals surface area contributed by atoms with E-state index in [0.717, 1.165) is 36.2 Å². The van der Waals surface area contributed by atoms with Gasteiger partial charge in [0.05, 0.1) is 30.8 Å². The Morgan fingerprint density at radius 1 is 0.971 bits per heavy atom. The number of ether oxygens (including phenoxy) is 1. The fourth-order valence-corrected chi connectivity index (χ4v) is 4.41. The van der Waals surface area contributed by atoms with Gasteiger partial charge in [-0.3, -0.25) is 18.7 Å². The van der Waals surface area contributed by atoms with Gasteiger partial charge in [0.15, 0.2) is 0 Å². The highest BCUT2D eigenvalue weighted by Crippen LogP contribution is 2.19. The molecule has 2 aromatic carbocycles. The van der Waals surface area contributed by atoms with Crippen molar-refractivity contribution >= 4 is 34.2 Å². The molecular weight excluding hydrogens is 446 g/mol. The summed E-state index contributed by atoms with van der Waals surface area (Å²) in [4.78, 5) is 41.7. The molecule has 0 radical (unpaired) electrons. The summed E-state index contributed by atoms with van der Waals surface area (Å²) in [6.45, 7) is 6.00. The molecule has 2 heterocycles. The molecule has 1 aliphatic rings. The fraction of sp³-hybridized carbons (Fsp3) is 0.423. The van der Waals surface area contributed by atoms with Crippen molar-refractivity contribution in [2.45, 2.75) is 32.9 Å². The maximum Gasteiger partial charge on any atom is 0.329 e. The average molecular weight is 480 g/mol. The van der Waals surface area contributed by atoms with E-state index in [0.29, 0.717) is 25.4 Å². The lowest BCUT2D eigenvalue weighted by molar-refractivity contribution is -0.133. The predicted octanol–water partition coefficient (Wildman–Crippen LogP) is 2.54. The zero-order chi connectivity index (χ0) is 24.8. The number of likely N-dealkylation sites (N-methyl/N-ethyl adjacent to an activating group) is 1. The number of nitrogens with zero attached hydrogens (tertiary/aromatic N) is 4. The van der Waals surface area contributed by atoms with Crippen molar-refractivity contribution in [2.75, 3.05) is 50.1 Å². The summed E-state index contributed by atoms with van der Waals surface area (Å²) < 4.78 is 8.78. The first-order valence-corrected chi connectivity index (χ1v) is 12.1. The third kappa shape index (κ3) is 5.74. The quantitative estimate of drug-likeness (QED) is 0.510. The maximum absolute atomic E-state index is 12.9. The summed E-state index contributed by atoms with van der Waals surface area (Å²) >= 11 is 0. The monoisotopic (exact) mass is 479 g/mol. The molecule has 186 valence electrons. The van der Waals surface area contributed by atoms with Crippen LogP contribution >= 0.6 is 0 Å². The lowest BCUT2D eigenvalue weighted by Gasteiger charge is -2.28. The number of imidazole rings is 1. The molecule has 3 aromatic rings. The van der Waals surface area contributed by atoms with Gasteiger partial charge < -0.3 is 19.9 Å². The molecule has 1 saturated heterocycles. The molecule has 35 heavy (non-hydrogen) atoms. The van der Waals surface area contributed by atoms with Crippen LogP contribution in [0.3, 0.4) is 0 Å². The zero-order valence-corrected chi connectivity index (χ0v) is 20.4. The molecule has 2 amide bonds. The van der Waals surface area contributed by atoms with Crippen molar-refractivity contribution in [1.82, 2.24) is 14.0 Å². The smallest absolute Gasteiger partial charge is 0.329 e. The third-order valence-corrected chi connectivity index (χ3v) is 6.26. The van der Waals surface area contributed by atoms with Gasteiger partial charge in [-0.2, -0.15) is 0 Å². The van der Waals surface area contributed by atoms with Gasteiger partial charge in [0.25, 0.3) is 0 Å². The van der Waals surface area contributed by atoms with Gasteiger partial charge in [0.1, 0.15) is 0 Å². The second-order valence-corrected chi connectivity index (χ2v) is 8.77. The molecule has 0 unspecified atom stereocenters. The van der Waals surface area contributed by atoms with Gasteiger partial charge >= 0.3 is 5.69 Å². The number of carbonyl (C=O) groups excluding carboxylic acids is 2. The Hall–Kier alpha value is -3.59. The average Bonchev–Trinajstić information content (AvgIpc) is 3.14. The van der Waals surface area contributed by atoms with Gasteiger partial charge in [-0.25, -0.2) is 4.79 Å². The summed E-state index contributed by atoms with van der Waals surface area (Å²) in [6.07, 6.45) is 0.985. The summed E-state index contributed by atoms with van der Waals surface area (Å²) in [6, 6.07) is 15.3. The minimum Gasteiger partial charge on any atom is -0.378 e. The van der Waals surface area contributed by atoms with Gasteiger partial charge in [-0.15, -0.1) is 0 Å². The summed E-state index contributed by atoms with van der Waals surface area (Å²) in [5, 5.41) is 2.85. The minimum atomic E-state index is -0.267. The highest BCUT2D eigenvalue weighted by Gasteiger charge is 2.17. The van der Waals surface area contributed by atoms with E-state index in [9.17, 15) is 14.4 Å². The maximum atomic E-state index is 12.9. The summed E-state index contributed by atoms with van der Waals surface area (Å²) in [5.74, 6) is -0.460. The van der Waals surface area contributed by atoms with Gasteiger partial charge in [-0.05, 0) is 42.8 Å². The number of nitrogens with one attached hydrogen (secondary N) is 1. The van der Waals surface area contributed by atoms with Gasteiger partial charge in [0, 0.05) is 51.0 Å². The van der Waals surface area contributed by atoms with Crippen LogP contribution in [0.1, 0.15) is 19.8 Å². The van der Waals surface area contributed by atoms with Crippen molar-refractivity contribution in [2.24, 2.45) is 0 Å². The van der Waals surface area contributed by atoms with Crippen LogP contribution in [-0.4, -0.2) is 65.7 Å². The number of fused-ring (bicyclic) bond motifs is 1. The van der Waals surface area contributed by atoms with E-state index in [4.69, 9.17) is 4.74 Å². The number of anilines is 2. The molecule has 4 rings (SSSR count). The number of hydrogen-bond acceptors (Lipinski definition) is 5. The normalized spacial score (nSPS) is 13.7. The van der Waals surface area contributed by atoms with Crippen LogP contribution < -0.4 is 15.9 Å². The van der Waals surface area contributed by atoms with E-state index in [1.54, 1.807) is 16.2 Å². The van der Waals surface area contributed by atoms with Crippen LogP contribution in [0.4, 0.5) is 11.4 Å². The topological polar surface area (TPSA) is 88.8 Å². The highest BCUT2D eigenvalue weighted by atomic mass is 16.5. The molecule has 1 aromatic heterocycles. The third-order valence-electron chi connectivity index (χ3n) is 6.26. The predicted molar refractivity (Wildman–Crippen MR) is 137 cm³/mol. The van der Waals surface area contributed by atoms with E-state index in [1.165, 1.54) is 4.90 Å². The molecule has 9 heteroatoms. The number of aromatic nitrogens is 2. The molecule has 0 atom stereocenters. The molecule has 1 aliphatic heterocycles. The second-order valence-electron chi connectivity index (χ2n) is 8.77. The van der Waals surface area contributed by atoms with E-state index >= 15 is 0 Å². The van der Waals surface area contributed by atoms with Crippen LogP contribution in [0.15, 0.2) is 53.3 Å². The van der Waals surface area contributed by atoms with Crippen LogP contribution in [0.2, 0.25) is 0 Å². The lowest BCUT2D eigenvalue weighted by atomic mass is 10.2. The first-order valence-electron chi connectivity index (χ1n) is 12.1. The van der Waals surface area contributed by atoms with Crippen molar-refractivity contribution in [3.8, 4) is 0 Å². The molecule has 0 aliphatic carbocycles. The number of para-hydroxylation sites is 2. The largest absolute Gasteiger partial charge is 0.378 e. The molecular formula is C26H33N5O4. The van der Waals surface area contributed by atoms with E-state index < -0.39 is 0 Å². The summed E-state index contributed by atoms with van der Waals surface area (Å²) in [5.41, 5.74) is 3.36. The fourth-order valence-electron chi connectivity index (χ4n) is 4.41. The Labute approximate surface area is 204 Å². The number of hydrogen-bond donors (Lipinski definition) is 1. The number of morpholine rings is 1. The van der Waals surface area contributed by atoms with Crippen LogP contribution in [-0.2, 0) is 27.4 Å². The zero-order valence-electron chi connectivity index (χ0n) is 20.4. The molecule has 1 N–H and O–H groups in total. The number of amides is 2. The van der Waals surface area contributed by atoms with Crippen molar-refractivity contribution in [1.29, 1.82) is 0 Å². The second kappa shape index (κ2) is 11.2. The summed E-state index contributed by atoms with van der Waals surface area (Å²) in [7, 11) is 1.60. The van der Waals surface area contributed by atoms with E-state index in [-0.39, 0.29) is 37.0 Å². The SMILES string of the molecule is CCCn1c(=O)n(CCC(=O)N(C)CC(=O)Nc2ccc(N3CCOCC3)cc2)c2ccccc21. The number of carbonyl (C=O) groups is 2. The first kappa shape index (κ1) is 24.5. The molecule has 0 bridgehead atoms. The molecule has 1 fully saturated rings. The minimum absolute atomic E-state index is 0.0590. The highest BCUT2D eigenvalue weighted by molar-refractivity contribution is 5.94. The number of benzene rings is 2. The Morgan fingerprint density at radius 2 is 1.60 bits per heavy atom. The number of aryl methyl sites for hydroxylation is 2. The van der Waals surface area contributed by atoms with Crippen LogP contribution in [0.5, 0.6) is 0 Å². The Balaban J connectivity index is 1.31. The van der Waals surface area contributed by atoms with Gasteiger partial charge in [0.2, 0.25) is 11.8 Å². The Bertz CT molecular complexity index is 1220. The first-order chi connectivity index (χ1) is 17.0. The van der Waals surface area contributed by atoms with Crippen molar-refractivity contribution < 1.29 is 14.3 Å². The van der Waals surface area contributed by atoms with Crippen LogP contribution in [0.25, 0.3) is 11.0 Å². The van der Waals surface area contributed by atoms with Gasteiger partial charge in [-0.1, -0.05) is 19.1 Å². The molecule has 0 spiro atoms. The standard InChI is InChI=1S/C26H33N5O4/c1-3-13-30-22-6-4-5-7-23(22)31(26(30)34)14-12-25(33)28(2)19-24(32)27-20-8-10-21(11-9-20)29-15-17-35-18-16-29/h4-11H,3,12-19H2,1-2H3,(H,27,32). The van der Waals surface area contributed by atoms with E-state index in [1.807, 2.05) is 55.5 Å². The number of rotatable bonds is 9. The molecule has 0 saturated carbocycles. The lowest BCUT2D eigenvalue weighted by Crippen LogP contribution is -2.36. The molecule has 9 nitrogen and oxygen atoms in total. The Morgan fingerprint density at radius 3 is 2.23 bits per heavy atom. The Kier molecular flexibility index (Phi) is 7.87. The van der Waals surface area contributed by atoms with E-state index in [2.05, 4.69) is 10.2 Å². The van der Waals surface area contributed by atoms with Crippen LogP contribution in [0, 0.1) is 0 Å². The van der Waals surface area contributed by atoms with Crippen molar-refractivity contribution in [3.63, 3.8) is 0 Å². The van der Waals surface area contributed by atoms with Crippen molar-refractivity contribution in [3.05, 3.63) is 59.0 Å².